The molecule has 0 aliphatic rings. The second-order valence-electron chi connectivity index (χ2n) is 0.379. The molecule has 7 radical (unpaired) electrons. The van der Waals surface area contributed by atoms with Crippen molar-refractivity contribution >= 4 is 30.5 Å². The number of hydrogen-bond donors (Lipinski definition) is 1. The lowest BCUT2D eigenvalue weighted by atomic mass is 15.7. The van der Waals surface area contributed by atoms with Crippen molar-refractivity contribution in [3.05, 3.63) is 0 Å². The van der Waals surface area contributed by atoms with Gasteiger partial charge in [-0.05, 0) is 0 Å². The Kier molecular flexibility index (Phi) is 6.02. The molecule has 0 aliphatic heterocycles. The largest absolute Gasteiger partial charge is 0.435 e. The van der Waals surface area contributed by atoms with Crippen molar-refractivity contribution in [2.75, 3.05) is 0 Å². The molecule has 1 N–H and O–H groups in total. The van der Waals surface area contributed by atoms with E-state index in [4.69, 9.17) is 4.80 Å². The van der Waals surface area contributed by atoms with Crippen LogP contribution in [0.4, 0.5) is 0 Å². The molecule has 0 rings (SSSR count). The van der Waals surface area contributed by atoms with Gasteiger partial charge in [-0.1, -0.05) is 0 Å². The van der Waals surface area contributed by atoms with E-state index in [2.05, 4.69) is 18.7 Å². The molecule has 0 aromatic heterocycles. The molecular formula is HO3Si3. The van der Waals surface area contributed by atoms with Gasteiger partial charge in [-0.2, -0.15) is 0 Å². The van der Waals surface area contributed by atoms with Crippen LogP contribution in [0, 0.1) is 0 Å². The molecule has 31 valence electrons. The van der Waals surface area contributed by atoms with Crippen LogP contribution in [0.15, 0.2) is 0 Å². The van der Waals surface area contributed by atoms with Crippen molar-refractivity contribution in [3.8, 4) is 0 Å². The zero-order valence-electron chi connectivity index (χ0n) is 2.76. The molecule has 0 amide bonds. The Bertz CT molecular complexity index is 18.0. The fourth-order valence-electron chi connectivity index (χ4n) is 0.0395. The summed E-state index contributed by atoms with van der Waals surface area (Å²) in [7, 11) is 2.08. The van der Waals surface area contributed by atoms with Crippen LogP contribution in [0.3, 0.4) is 0 Å². The van der Waals surface area contributed by atoms with Gasteiger partial charge in [0.05, 0.1) is 0 Å². The highest BCUT2D eigenvalue weighted by Gasteiger charge is 1.84. The molecule has 0 saturated heterocycles. The molecule has 6 heavy (non-hydrogen) atoms. The van der Waals surface area contributed by atoms with E-state index >= 15 is 0 Å². The summed E-state index contributed by atoms with van der Waals surface area (Å²) in [6.07, 6.45) is 0. The van der Waals surface area contributed by atoms with E-state index in [-0.39, 0.29) is 10.0 Å². The molecular weight excluding hydrogens is 132 g/mol. The van der Waals surface area contributed by atoms with Crippen molar-refractivity contribution in [3.63, 3.8) is 0 Å². The molecule has 6 heteroatoms. The third kappa shape index (κ3) is 4.53. The zero-order valence-corrected chi connectivity index (χ0v) is 5.76. The van der Waals surface area contributed by atoms with E-state index in [0.717, 1.165) is 0 Å². The van der Waals surface area contributed by atoms with Crippen molar-refractivity contribution in [1.82, 2.24) is 0 Å². The minimum absolute atomic E-state index is 0.109. The molecule has 0 saturated carbocycles. The number of hydrogen-bond acceptors (Lipinski definition) is 3. The molecule has 0 unspecified atom stereocenters. The highest BCUT2D eigenvalue weighted by atomic mass is 28.4. The van der Waals surface area contributed by atoms with E-state index in [1.807, 2.05) is 0 Å². The van der Waals surface area contributed by atoms with Gasteiger partial charge < -0.3 is 13.0 Å². The van der Waals surface area contributed by atoms with Gasteiger partial charge in [-0.15, -0.1) is 0 Å². The predicted octanol–water partition coefficient (Wildman–Crippen LogP) is -1.84. The molecule has 0 aromatic carbocycles. The summed E-state index contributed by atoms with van der Waals surface area (Å²) in [5.74, 6) is 0. The first kappa shape index (κ1) is 6.53. The van der Waals surface area contributed by atoms with Gasteiger partial charge >= 0.3 is 20.0 Å². The average molecular weight is 133 g/mol. The summed E-state index contributed by atoms with van der Waals surface area (Å²) >= 11 is 0. The summed E-state index contributed by atoms with van der Waals surface area (Å²) in [5, 5.41) is 0. The van der Waals surface area contributed by atoms with Gasteiger partial charge in [0.15, 0.2) is 0 Å². The van der Waals surface area contributed by atoms with Gasteiger partial charge in [-0.3, -0.25) is 0 Å². The Hall–Kier alpha value is 0.531. The SMILES string of the molecule is O[Si]O[Si]O[Si]. The van der Waals surface area contributed by atoms with Crippen LogP contribution in [0.25, 0.3) is 0 Å². The monoisotopic (exact) mass is 133 g/mol. The molecule has 0 atom stereocenters. The van der Waals surface area contributed by atoms with Crippen LogP contribution >= 0.6 is 0 Å². The molecule has 0 fully saturated rings. The zero-order chi connectivity index (χ0) is 4.83. The summed E-state index contributed by atoms with van der Waals surface area (Å²) < 4.78 is 8.56. The van der Waals surface area contributed by atoms with E-state index in [1.54, 1.807) is 0 Å². The van der Waals surface area contributed by atoms with Crippen molar-refractivity contribution < 1.29 is 13.0 Å². The minimum atomic E-state index is -0.479. The van der Waals surface area contributed by atoms with Crippen LogP contribution < -0.4 is 0 Å². The quantitative estimate of drug-likeness (QED) is 0.363. The smallest absolute Gasteiger partial charge is 0.420 e. The third-order valence-electron chi connectivity index (χ3n) is 0.129. The Labute approximate surface area is 44.3 Å². The Morgan fingerprint density at radius 2 is 2.33 bits per heavy atom. The van der Waals surface area contributed by atoms with E-state index in [0.29, 0.717) is 0 Å². The summed E-state index contributed by atoms with van der Waals surface area (Å²) in [5.41, 5.74) is 0. The molecule has 3 nitrogen and oxygen atoms in total. The standard InChI is InChI=1S/HO3Si3/c1-5-3-6-2-4/h1H. The minimum Gasteiger partial charge on any atom is -0.435 e. The lowest BCUT2D eigenvalue weighted by Crippen LogP contribution is -2.05. The van der Waals surface area contributed by atoms with Gasteiger partial charge in [0.2, 0.25) is 10.5 Å². The Morgan fingerprint density at radius 1 is 1.67 bits per heavy atom. The molecule has 0 aromatic rings. The Balaban J connectivity index is 2.34. The first-order valence-corrected chi connectivity index (χ1v) is 3.12. The van der Waals surface area contributed by atoms with Crippen molar-refractivity contribution in [1.29, 1.82) is 0 Å². The fraction of sp³-hybridized carbons (Fsp3) is 0. The lowest BCUT2D eigenvalue weighted by molar-refractivity contribution is 0.424. The topological polar surface area (TPSA) is 38.7 Å². The lowest BCUT2D eigenvalue weighted by Gasteiger charge is -1.86. The first-order valence-electron chi connectivity index (χ1n) is 1.04. The molecule has 0 spiro atoms. The highest BCUT2D eigenvalue weighted by molar-refractivity contribution is 6.37. The maximum atomic E-state index is 7.91. The maximum Gasteiger partial charge on any atom is 0.420 e. The molecule has 0 bridgehead atoms. The van der Waals surface area contributed by atoms with E-state index in [1.165, 1.54) is 0 Å². The van der Waals surface area contributed by atoms with E-state index < -0.39 is 10.0 Å². The van der Waals surface area contributed by atoms with Crippen LogP contribution in [0.5, 0.6) is 0 Å². The third-order valence-corrected chi connectivity index (χ3v) is 1.16. The Morgan fingerprint density at radius 3 is 2.50 bits per heavy atom. The van der Waals surface area contributed by atoms with Crippen molar-refractivity contribution in [2.45, 2.75) is 0 Å². The second-order valence-corrected chi connectivity index (χ2v) is 2.36. The molecule has 0 aliphatic carbocycles. The van der Waals surface area contributed by atoms with Crippen molar-refractivity contribution in [2.24, 2.45) is 0 Å². The van der Waals surface area contributed by atoms with Crippen LogP contribution in [-0.4, -0.2) is 35.3 Å². The summed E-state index contributed by atoms with van der Waals surface area (Å²) in [6, 6.07) is 0. The average Bonchev–Trinajstić information content (AvgIpc) is 1.61. The summed E-state index contributed by atoms with van der Waals surface area (Å²) in [6.45, 7) is 0. The normalized spacial score (nSPS) is 9.00. The van der Waals surface area contributed by atoms with Crippen LogP contribution in [-0.2, 0) is 8.23 Å². The van der Waals surface area contributed by atoms with Gasteiger partial charge in [-0.25, -0.2) is 0 Å². The van der Waals surface area contributed by atoms with Gasteiger partial charge in [0, 0.05) is 0 Å². The van der Waals surface area contributed by atoms with Gasteiger partial charge in [0.25, 0.3) is 0 Å². The number of rotatable bonds is 3. The summed E-state index contributed by atoms with van der Waals surface area (Å²) in [4.78, 5) is 7.91. The first-order chi connectivity index (χ1) is 2.91. The van der Waals surface area contributed by atoms with Crippen LogP contribution in [0.1, 0.15) is 0 Å². The maximum absolute atomic E-state index is 7.91. The highest BCUT2D eigenvalue weighted by Crippen LogP contribution is 1.58. The van der Waals surface area contributed by atoms with Crippen LogP contribution in [0.2, 0.25) is 0 Å². The van der Waals surface area contributed by atoms with E-state index in [9.17, 15) is 0 Å². The second kappa shape index (κ2) is 5.53. The fourth-order valence-corrected chi connectivity index (χ4v) is 0.730. The molecule has 0 heterocycles. The predicted molar refractivity (Wildman–Crippen MR) is 21.7 cm³/mol. The van der Waals surface area contributed by atoms with Gasteiger partial charge in [0.1, 0.15) is 0 Å².